The number of nitrogens with zero attached hydrogens (tertiary/aromatic N) is 1. The van der Waals surface area contributed by atoms with Gasteiger partial charge in [-0.3, -0.25) is 0 Å². The number of aryl methyl sites for hydroxylation is 1. The monoisotopic (exact) mass is 273 g/mol. The molecular formula is C19H15NO. The van der Waals surface area contributed by atoms with Crippen LogP contribution in [0.15, 0.2) is 65.1 Å². The Morgan fingerprint density at radius 1 is 0.905 bits per heavy atom. The lowest BCUT2D eigenvalue weighted by molar-refractivity contribution is 0.660. The molecule has 2 aromatic carbocycles. The summed E-state index contributed by atoms with van der Waals surface area (Å²) in [7, 11) is 0. The van der Waals surface area contributed by atoms with Crippen molar-refractivity contribution < 1.29 is 4.42 Å². The first-order chi connectivity index (χ1) is 10.4. The Hall–Kier alpha value is -2.61. The number of pyridine rings is 1. The fourth-order valence-electron chi connectivity index (χ4n) is 2.78. The molecule has 0 spiro atoms. The van der Waals surface area contributed by atoms with Crippen molar-refractivity contribution in [3.63, 3.8) is 0 Å². The minimum Gasteiger partial charge on any atom is -0.454 e. The fraction of sp³-hybridized carbons (Fsp3) is 0.105. The van der Waals surface area contributed by atoms with E-state index in [1.165, 1.54) is 0 Å². The zero-order valence-corrected chi connectivity index (χ0v) is 11.8. The van der Waals surface area contributed by atoms with E-state index in [9.17, 15) is 0 Å². The maximum atomic E-state index is 6.00. The van der Waals surface area contributed by atoms with Gasteiger partial charge in [0.2, 0.25) is 0 Å². The Kier molecular flexibility index (Phi) is 2.74. The van der Waals surface area contributed by atoms with Crippen LogP contribution in [0.5, 0.6) is 0 Å². The highest BCUT2D eigenvalue weighted by Crippen LogP contribution is 2.33. The number of hydrogen-bond acceptors (Lipinski definition) is 2. The molecule has 0 aliphatic rings. The van der Waals surface area contributed by atoms with Crippen molar-refractivity contribution in [2.45, 2.75) is 13.3 Å². The minimum atomic E-state index is 0.858. The maximum Gasteiger partial charge on any atom is 0.156 e. The second kappa shape index (κ2) is 4.74. The van der Waals surface area contributed by atoms with E-state index in [4.69, 9.17) is 9.40 Å². The van der Waals surface area contributed by atoms with Gasteiger partial charge >= 0.3 is 0 Å². The third-order valence-electron chi connectivity index (χ3n) is 3.84. The standard InChI is InChI=1S/C19H15NO/c1-2-16-19-15(14-10-6-7-11-18(14)21-19)12-17(20-16)13-8-4-3-5-9-13/h3-12H,2H2,1H3. The Morgan fingerprint density at radius 3 is 2.48 bits per heavy atom. The molecule has 4 rings (SSSR count). The van der Waals surface area contributed by atoms with E-state index in [0.717, 1.165) is 45.3 Å². The first kappa shape index (κ1) is 12.2. The lowest BCUT2D eigenvalue weighted by Gasteiger charge is -2.04. The van der Waals surface area contributed by atoms with Crippen LogP contribution in [-0.2, 0) is 6.42 Å². The molecule has 4 aromatic rings. The van der Waals surface area contributed by atoms with Crippen LogP contribution in [0.2, 0.25) is 0 Å². The molecule has 0 atom stereocenters. The molecule has 0 unspecified atom stereocenters. The molecule has 0 saturated heterocycles. The van der Waals surface area contributed by atoms with Crippen molar-refractivity contribution in [2.24, 2.45) is 0 Å². The Morgan fingerprint density at radius 2 is 1.67 bits per heavy atom. The van der Waals surface area contributed by atoms with E-state index in [1.807, 2.05) is 36.4 Å². The molecule has 0 N–H and O–H groups in total. The van der Waals surface area contributed by atoms with Crippen molar-refractivity contribution in [3.05, 3.63) is 66.4 Å². The first-order valence-electron chi connectivity index (χ1n) is 7.23. The van der Waals surface area contributed by atoms with Gasteiger partial charge in [-0.05, 0) is 18.6 Å². The normalized spacial score (nSPS) is 11.3. The Bertz CT molecular complexity index is 922. The molecule has 2 aromatic heterocycles. The number of furan rings is 1. The number of benzene rings is 2. The van der Waals surface area contributed by atoms with E-state index >= 15 is 0 Å². The minimum absolute atomic E-state index is 0.858. The van der Waals surface area contributed by atoms with Crippen LogP contribution in [-0.4, -0.2) is 4.98 Å². The zero-order valence-electron chi connectivity index (χ0n) is 11.8. The van der Waals surface area contributed by atoms with E-state index in [-0.39, 0.29) is 0 Å². The third kappa shape index (κ3) is 1.91. The molecule has 102 valence electrons. The van der Waals surface area contributed by atoms with Gasteiger partial charge in [-0.1, -0.05) is 55.5 Å². The molecule has 2 heterocycles. The van der Waals surface area contributed by atoms with Gasteiger partial charge in [-0.25, -0.2) is 4.98 Å². The molecule has 2 heteroatoms. The van der Waals surface area contributed by atoms with Gasteiger partial charge in [-0.15, -0.1) is 0 Å². The number of hydrogen-bond donors (Lipinski definition) is 0. The molecule has 0 saturated carbocycles. The molecular weight excluding hydrogens is 258 g/mol. The van der Waals surface area contributed by atoms with Gasteiger partial charge in [0.1, 0.15) is 5.58 Å². The van der Waals surface area contributed by atoms with Gasteiger partial charge in [0, 0.05) is 16.3 Å². The summed E-state index contributed by atoms with van der Waals surface area (Å²) >= 11 is 0. The van der Waals surface area contributed by atoms with E-state index < -0.39 is 0 Å². The highest BCUT2D eigenvalue weighted by Gasteiger charge is 2.13. The van der Waals surface area contributed by atoms with Crippen molar-refractivity contribution in [1.29, 1.82) is 0 Å². The van der Waals surface area contributed by atoms with Crippen molar-refractivity contribution in [3.8, 4) is 11.3 Å². The summed E-state index contributed by atoms with van der Waals surface area (Å²) in [5.74, 6) is 0. The third-order valence-corrected chi connectivity index (χ3v) is 3.84. The predicted octanol–water partition coefficient (Wildman–Crippen LogP) is 5.21. The van der Waals surface area contributed by atoms with E-state index in [0.29, 0.717) is 0 Å². The summed E-state index contributed by atoms with van der Waals surface area (Å²) in [6, 6.07) is 20.6. The topological polar surface area (TPSA) is 26.0 Å². The van der Waals surface area contributed by atoms with Crippen LogP contribution in [0.25, 0.3) is 33.2 Å². The molecule has 0 radical (unpaired) electrons. The summed E-state index contributed by atoms with van der Waals surface area (Å²) in [6.07, 6.45) is 0.858. The molecule has 2 nitrogen and oxygen atoms in total. The number of fused-ring (bicyclic) bond motifs is 3. The number of aromatic nitrogens is 1. The highest BCUT2D eigenvalue weighted by atomic mass is 16.3. The van der Waals surface area contributed by atoms with E-state index in [2.05, 4.69) is 31.2 Å². The zero-order chi connectivity index (χ0) is 14.2. The quantitative estimate of drug-likeness (QED) is 0.501. The van der Waals surface area contributed by atoms with Crippen molar-refractivity contribution in [2.75, 3.05) is 0 Å². The average Bonchev–Trinajstić information content (AvgIpc) is 2.93. The smallest absolute Gasteiger partial charge is 0.156 e. The molecule has 0 aliphatic heterocycles. The maximum absolute atomic E-state index is 6.00. The number of para-hydroxylation sites is 1. The van der Waals surface area contributed by atoms with Crippen LogP contribution >= 0.6 is 0 Å². The van der Waals surface area contributed by atoms with Gasteiger partial charge < -0.3 is 4.42 Å². The Balaban J connectivity index is 2.08. The highest BCUT2D eigenvalue weighted by molar-refractivity contribution is 6.06. The largest absolute Gasteiger partial charge is 0.454 e. The molecule has 0 aliphatic carbocycles. The average molecular weight is 273 g/mol. The molecule has 21 heavy (non-hydrogen) atoms. The predicted molar refractivity (Wildman–Crippen MR) is 86.3 cm³/mol. The number of rotatable bonds is 2. The van der Waals surface area contributed by atoms with Crippen LogP contribution < -0.4 is 0 Å². The lowest BCUT2D eigenvalue weighted by atomic mass is 10.1. The van der Waals surface area contributed by atoms with Crippen LogP contribution in [0.3, 0.4) is 0 Å². The summed E-state index contributed by atoms with van der Waals surface area (Å²) in [5.41, 5.74) is 5.00. The van der Waals surface area contributed by atoms with Crippen LogP contribution in [0.4, 0.5) is 0 Å². The van der Waals surface area contributed by atoms with Gasteiger partial charge in [-0.2, -0.15) is 0 Å². The van der Waals surface area contributed by atoms with Gasteiger partial charge in [0.25, 0.3) is 0 Å². The van der Waals surface area contributed by atoms with Crippen LogP contribution in [0, 0.1) is 0 Å². The Labute approximate surface area is 123 Å². The summed E-state index contributed by atoms with van der Waals surface area (Å²) in [6.45, 7) is 2.11. The van der Waals surface area contributed by atoms with Crippen molar-refractivity contribution in [1.82, 2.24) is 4.98 Å². The summed E-state index contributed by atoms with van der Waals surface area (Å²) < 4.78 is 6.00. The van der Waals surface area contributed by atoms with Gasteiger partial charge in [0.15, 0.2) is 5.58 Å². The lowest BCUT2D eigenvalue weighted by Crippen LogP contribution is -1.91. The SMILES string of the molecule is CCc1nc(-c2ccccc2)cc2c1oc1ccccc12. The van der Waals surface area contributed by atoms with Crippen LogP contribution in [0.1, 0.15) is 12.6 Å². The first-order valence-corrected chi connectivity index (χ1v) is 7.23. The molecule has 0 bridgehead atoms. The van der Waals surface area contributed by atoms with Gasteiger partial charge in [0.05, 0.1) is 11.4 Å². The molecule has 0 fully saturated rings. The molecule has 0 amide bonds. The summed E-state index contributed by atoms with van der Waals surface area (Å²) in [4.78, 5) is 4.79. The van der Waals surface area contributed by atoms with E-state index in [1.54, 1.807) is 0 Å². The second-order valence-corrected chi connectivity index (χ2v) is 5.15. The summed E-state index contributed by atoms with van der Waals surface area (Å²) in [5, 5.41) is 2.30. The van der Waals surface area contributed by atoms with Crippen molar-refractivity contribution >= 4 is 21.9 Å². The fourth-order valence-corrected chi connectivity index (χ4v) is 2.78. The second-order valence-electron chi connectivity index (χ2n) is 5.15.